The van der Waals surface area contributed by atoms with Crippen LogP contribution >= 0.6 is 0 Å². The van der Waals surface area contributed by atoms with Crippen molar-refractivity contribution in [1.29, 1.82) is 0 Å². The van der Waals surface area contributed by atoms with E-state index in [9.17, 15) is 4.79 Å². The second-order valence-electron chi connectivity index (χ2n) is 7.39. The van der Waals surface area contributed by atoms with Crippen molar-refractivity contribution < 1.29 is 4.79 Å². The second kappa shape index (κ2) is 7.17. The highest BCUT2D eigenvalue weighted by Gasteiger charge is 2.20. The largest absolute Gasteiger partial charge is 0.361 e. The first-order chi connectivity index (χ1) is 11.9. The minimum Gasteiger partial charge on any atom is -0.361 e. The first kappa shape index (κ1) is 17.3. The molecule has 0 saturated carbocycles. The molecule has 0 fully saturated rings. The van der Waals surface area contributed by atoms with Crippen molar-refractivity contribution in [1.82, 2.24) is 20.3 Å². The molecule has 2 aromatic heterocycles. The maximum absolute atomic E-state index is 12.1. The van der Waals surface area contributed by atoms with Gasteiger partial charge in [-0.25, -0.2) is 9.97 Å². The van der Waals surface area contributed by atoms with E-state index >= 15 is 0 Å². The van der Waals surface area contributed by atoms with Crippen LogP contribution in [0.4, 0.5) is 5.82 Å². The quantitative estimate of drug-likeness (QED) is 0.895. The van der Waals surface area contributed by atoms with Crippen molar-refractivity contribution in [3.8, 4) is 11.5 Å². The van der Waals surface area contributed by atoms with Crippen LogP contribution < -0.4 is 10.6 Å². The van der Waals surface area contributed by atoms with Crippen LogP contribution in [-0.4, -0.2) is 32.9 Å². The molecule has 0 atom stereocenters. The van der Waals surface area contributed by atoms with Crippen molar-refractivity contribution in [2.24, 2.45) is 0 Å². The maximum Gasteiger partial charge on any atom is 0.239 e. The van der Waals surface area contributed by atoms with E-state index in [-0.39, 0.29) is 18.0 Å². The van der Waals surface area contributed by atoms with E-state index in [1.165, 1.54) is 0 Å². The van der Waals surface area contributed by atoms with Crippen molar-refractivity contribution in [3.05, 3.63) is 35.7 Å². The van der Waals surface area contributed by atoms with E-state index in [0.29, 0.717) is 5.82 Å². The molecule has 0 unspecified atom stereocenters. The Labute approximate surface area is 148 Å². The molecule has 0 spiro atoms. The summed E-state index contributed by atoms with van der Waals surface area (Å²) in [5.41, 5.74) is 2.70. The molecule has 1 aliphatic rings. The highest BCUT2D eigenvalue weighted by atomic mass is 16.2. The summed E-state index contributed by atoms with van der Waals surface area (Å²) in [5.74, 6) is 1.32. The van der Waals surface area contributed by atoms with Gasteiger partial charge in [0.2, 0.25) is 5.91 Å². The molecule has 0 bridgehead atoms. The lowest BCUT2D eigenvalue weighted by Gasteiger charge is -2.22. The number of nitrogens with one attached hydrogen (secondary N) is 2. The van der Waals surface area contributed by atoms with Gasteiger partial charge in [-0.15, -0.1) is 0 Å². The fraction of sp³-hybridized carbons (Fsp3) is 0.474. The number of rotatable bonds is 4. The van der Waals surface area contributed by atoms with E-state index in [0.717, 1.165) is 48.5 Å². The highest BCUT2D eigenvalue weighted by Crippen LogP contribution is 2.27. The molecule has 132 valence electrons. The van der Waals surface area contributed by atoms with E-state index < -0.39 is 0 Å². The molecule has 25 heavy (non-hydrogen) atoms. The van der Waals surface area contributed by atoms with Crippen LogP contribution in [0.2, 0.25) is 0 Å². The number of pyridine rings is 1. The van der Waals surface area contributed by atoms with Gasteiger partial charge in [-0.3, -0.25) is 9.78 Å². The van der Waals surface area contributed by atoms with Gasteiger partial charge in [-0.2, -0.15) is 0 Å². The van der Waals surface area contributed by atoms with E-state index in [1.807, 2.05) is 39.0 Å². The van der Waals surface area contributed by atoms with Crippen molar-refractivity contribution in [3.63, 3.8) is 0 Å². The number of hydrogen-bond acceptors (Lipinski definition) is 5. The third kappa shape index (κ3) is 4.53. The van der Waals surface area contributed by atoms with Gasteiger partial charge in [0, 0.05) is 23.0 Å². The zero-order valence-corrected chi connectivity index (χ0v) is 15.1. The number of aromatic nitrogens is 3. The van der Waals surface area contributed by atoms with Crippen LogP contribution in [0.1, 0.15) is 44.9 Å². The van der Waals surface area contributed by atoms with E-state index in [1.54, 1.807) is 6.20 Å². The van der Waals surface area contributed by atoms with Gasteiger partial charge in [-0.1, -0.05) is 6.07 Å². The highest BCUT2D eigenvalue weighted by molar-refractivity contribution is 5.81. The van der Waals surface area contributed by atoms with Crippen LogP contribution in [-0.2, 0) is 17.6 Å². The van der Waals surface area contributed by atoms with Gasteiger partial charge < -0.3 is 10.6 Å². The molecular formula is C19H25N5O. The fourth-order valence-corrected chi connectivity index (χ4v) is 2.98. The number of nitrogens with zero attached hydrogens (tertiary/aromatic N) is 3. The summed E-state index contributed by atoms with van der Waals surface area (Å²) in [7, 11) is 0. The molecule has 0 saturated heterocycles. The molecule has 1 amide bonds. The number of carbonyl (C=O) groups excluding carboxylic acids is 1. The number of aryl methyl sites for hydroxylation is 1. The molecular weight excluding hydrogens is 314 g/mol. The number of hydrogen-bond donors (Lipinski definition) is 2. The van der Waals surface area contributed by atoms with E-state index in [2.05, 4.69) is 20.6 Å². The molecule has 2 heterocycles. The molecule has 0 radical (unpaired) electrons. The van der Waals surface area contributed by atoms with Crippen molar-refractivity contribution >= 4 is 11.7 Å². The third-order valence-corrected chi connectivity index (χ3v) is 4.01. The average Bonchev–Trinajstić information content (AvgIpc) is 2.58. The summed E-state index contributed by atoms with van der Waals surface area (Å²) < 4.78 is 0. The summed E-state index contributed by atoms with van der Waals surface area (Å²) in [6, 6.07) is 5.70. The lowest BCUT2D eigenvalue weighted by atomic mass is 9.96. The maximum atomic E-state index is 12.1. The summed E-state index contributed by atoms with van der Waals surface area (Å²) in [5, 5.41) is 6.17. The molecule has 0 aliphatic heterocycles. The van der Waals surface area contributed by atoms with Gasteiger partial charge in [0.25, 0.3) is 0 Å². The lowest BCUT2D eigenvalue weighted by molar-refractivity contribution is -0.120. The summed E-state index contributed by atoms with van der Waals surface area (Å²) in [6.07, 6.45) is 5.89. The minimum atomic E-state index is -0.247. The van der Waals surface area contributed by atoms with Crippen molar-refractivity contribution in [2.75, 3.05) is 11.9 Å². The van der Waals surface area contributed by atoms with E-state index in [4.69, 9.17) is 4.98 Å². The molecule has 0 aromatic carbocycles. The Hall–Kier alpha value is -2.50. The smallest absolute Gasteiger partial charge is 0.239 e. The fourth-order valence-electron chi connectivity index (χ4n) is 2.98. The summed E-state index contributed by atoms with van der Waals surface area (Å²) in [4.78, 5) is 25.9. The Kier molecular flexibility index (Phi) is 4.97. The van der Waals surface area contributed by atoms with Crippen molar-refractivity contribution in [2.45, 2.75) is 52.0 Å². The molecule has 3 rings (SSSR count). The molecule has 2 aromatic rings. The third-order valence-electron chi connectivity index (χ3n) is 4.01. The SMILES string of the molecule is CC(C)(C)NC(=O)CNc1nc(-c2ccccn2)nc2c1CCCC2. The number of anilines is 1. The van der Waals surface area contributed by atoms with Crippen LogP contribution in [0, 0.1) is 0 Å². The Morgan fingerprint density at radius 2 is 1.96 bits per heavy atom. The Balaban J connectivity index is 1.85. The normalized spacial score (nSPS) is 13.9. The standard InChI is InChI=1S/C19H25N5O/c1-19(2,3)24-16(25)12-21-17-13-8-4-5-9-14(13)22-18(23-17)15-10-6-7-11-20-15/h6-7,10-11H,4-5,8-9,12H2,1-3H3,(H,24,25)(H,21,22,23). The Bertz CT molecular complexity index is 752. The van der Waals surface area contributed by atoms with Crippen LogP contribution in [0.25, 0.3) is 11.5 Å². The van der Waals surface area contributed by atoms with Crippen LogP contribution in [0.15, 0.2) is 24.4 Å². The molecule has 6 heteroatoms. The minimum absolute atomic E-state index is 0.0462. The Morgan fingerprint density at radius 3 is 2.68 bits per heavy atom. The monoisotopic (exact) mass is 339 g/mol. The summed E-state index contributed by atoms with van der Waals surface area (Å²) in [6.45, 7) is 6.10. The van der Waals surface area contributed by atoms with Crippen LogP contribution in [0.5, 0.6) is 0 Å². The first-order valence-corrected chi connectivity index (χ1v) is 8.78. The number of fused-ring (bicyclic) bond motifs is 1. The predicted molar refractivity (Wildman–Crippen MR) is 98.3 cm³/mol. The zero-order chi connectivity index (χ0) is 17.9. The van der Waals surface area contributed by atoms with Crippen LogP contribution in [0.3, 0.4) is 0 Å². The van der Waals surface area contributed by atoms with Gasteiger partial charge in [0.15, 0.2) is 5.82 Å². The average molecular weight is 339 g/mol. The summed E-state index contributed by atoms with van der Waals surface area (Å²) >= 11 is 0. The topological polar surface area (TPSA) is 79.8 Å². The Morgan fingerprint density at radius 1 is 1.16 bits per heavy atom. The zero-order valence-electron chi connectivity index (χ0n) is 15.1. The first-order valence-electron chi connectivity index (χ1n) is 8.78. The number of carbonyl (C=O) groups is 1. The van der Waals surface area contributed by atoms with Gasteiger partial charge in [-0.05, 0) is 58.6 Å². The number of amides is 1. The molecule has 2 N–H and O–H groups in total. The molecule has 6 nitrogen and oxygen atoms in total. The second-order valence-corrected chi connectivity index (χ2v) is 7.39. The lowest BCUT2D eigenvalue weighted by Crippen LogP contribution is -2.43. The van der Waals surface area contributed by atoms with Gasteiger partial charge >= 0.3 is 0 Å². The predicted octanol–water partition coefficient (Wildman–Crippen LogP) is 2.74. The van der Waals surface area contributed by atoms with Gasteiger partial charge in [0.1, 0.15) is 11.5 Å². The molecule has 1 aliphatic carbocycles. The van der Waals surface area contributed by atoms with Gasteiger partial charge in [0.05, 0.1) is 6.54 Å².